The van der Waals surface area contributed by atoms with Gasteiger partial charge in [0.05, 0.1) is 41.6 Å². The van der Waals surface area contributed by atoms with Gasteiger partial charge in [-0.25, -0.2) is 0 Å². The summed E-state index contributed by atoms with van der Waals surface area (Å²) < 4.78 is 12.4. The first-order chi connectivity index (χ1) is 16.0. The number of thioether (sulfide) groups is 1. The van der Waals surface area contributed by atoms with Crippen LogP contribution >= 0.6 is 11.8 Å². The number of amides is 2. The van der Waals surface area contributed by atoms with Gasteiger partial charge in [0.15, 0.2) is 11.0 Å². The van der Waals surface area contributed by atoms with E-state index in [-0.39, 0.29) is 24.1 Å². The predicted molar refractivity (Wildman–Crippen MR) is 124 cm³/mol. The molecular weight excluding hydrogens is 442 g/mol. The van der Waals surface area contributed by atoms with Gasteiger partial charge < -0.3 is 23.6 Å². The molecule has 0 spiro atoms. The van der Waals surface area contributed by atoms with Crippen LogP contribution in [0.4, 0.5) is 5.69 Å². The number of carbonyl (C=O) groups is 2. The van der Waals surface area contributed by atoms with Crippen LogP contribution in [0.3, 0.4) is 0 Å². The Labute approximate surface area is 194 Å². The van der Waals surface area contributed by atoms with Crippen molar-refractivity contribution in [3.8, 4) is 11.4 Å². The van der Waals surface area contributed by atoms with Gasteiger partial charge >= 0.3 is 0 Å². The predicted octanol–water partition coefficient (Wildman–Crippen LogP) is 3.66. The summed E-state index contributed by atoms with van der Waals surface area (Å²) in [6.45, 7) is 2.12. The van der Waals surface area contributed by atoms with Crippen LogP contribution in [0.2, 0.25) is 0 Å². The third kappa shape index (κ3) is 4.85. The molecular formula is C23H23N5O4S. The second-order valence-corrected chi connectivity index (χ2v) is 8.22. The summed E-state index contributed by atoms with van der Waals surface area (Å²) in [7, 11) is 3.50. The zero-order chi connectivity index (χ0) is 23.4. The maximum Gasteiger partial charge on any atom is 0.253 e. The highest BCUT2D eigenvalue weighted by Crippen LogP contribution is 2.27. The van der Waals surface area contributed by atoms with Crippen LogP contribution < -0.4 is 10.2 Å². The molecule has 0 saturated carbocycles. The molecule has 170 valence electrons. The summed E-state index contributed by atoms with van der Waals surface area (Å²) in [6, 6.07) is 12.4. The minimum Gasteiger partial charge on any atom is -0.469 e. The monoisotopic (exact) mass is 465 g/mol. The number of aromatic nitrogens is 3. The standard InChI is InChI=1S/C23H23N5O4S/c1-15-17(10-12-31-15)21-25-26-23(28(21)3)33-14-20(29)27(2)19-9-5-4-8-18(19)22(30)24-13-16-7-6-11-32-16/h4-12H,13-14H2,1-3H3,(H,24,30). The van der Waals surface area contributed by atoms with Gasteiger partial charge in [-0.1, -0.05) is 23.9 Å². The molecule has 10 heteroatoms. The van der Waals surface area contributed by atoms with E-state index in [0.717, 1.165) is 11.3 Å². The Morgan fingerprint density at radius 3 is 2.64 bits per heavy atom. The molecule has 4 rings (SSSR count). The minimum absolute atomic E-state index is 0.134. The van der Waals surface area contributed by atoms with Crippen LogP contribution in [-0.2, 0) is 18.4 Å². The quantitative estimate of drug-likeness (QED) is 0.396. The van der Waals surface area contributed by atoms with Gasteiger partial charge in [-0.05, 0) is 37.3 Å². The SMILES string of the molecule is Cc1occc1-c1nnc(SCC(=O)N(C)c2ccccc2C(=O)NCc2ccco2)n1C. The maximum atomic E-state index is 12.9. The van der Waals surface area contributed by atoms with E-state index in [1.54, 1.807) is 56.0 Å². The molecule has 2 amide bonds. The smallest absolute Gasteiger partial charge is 0.253 e. The molecule has 0 aliphatic carbocycles. The van der Waals surface area contributed by atoms with Crippen molar-refractivity contribution in [3.05, 3.63) is 72.1 Å². The third-order valence-electron chi connectivity index (χ3n) is 5.15. The zero-order valence-corrected chi connectivity index (χ0v) is 19.3. The van der Waals surface area contributed by atoms with E-state index < -0.39 is 0 Å². The van der Waals surface area contributed by atoms with E-state index in [2.05, 4.69) is 15.5 Å². The lowest BCUT2D eigenvalue weighted by Crippen LogP contribution is -2.31. The average molecular weight is 466 g/mol. The number of hydrogen-bond acceptors (Lipinski definition) is 7. The third-order valence-corrected chi connectivity index (χ3v) is 6.15. The summed E-state index contributed by atoms with van der Waals surface area (Å²) in [5, 5.41) is 11.9. The molecule has 1 aromatic carbocycles. The first-order valence-corrected chi connectivity index (χ1v) is 11.2. The molecule has 1 N–H and O–H groups in total. The molecule has 0 fully saturated rings. The number of rotatable bonds is 8. The minimum atomic E-state index is -0.289. The number of nitrogens with zero attached hydrogens (tertiary/aromatic N) is 4. The molecule has 0 saturated heterocycles. The normalized spacial score (nSPS) is 10.9. The van der Waals surface area contributed by atoms with Gasteiger partial charge in [0, 0.05) is 14.1 Å². The Bertz CT molecular complexity index is 1260. The fraction of sp³-hybridized carbons (Fsp3) is 0.217. The van der Waals surface area contributed by atoms with E-state index in [9.17, 15) is 9.59 Å². The first-order valence-electron chi connectivity index (χ1n) is 10.2. The highest BCUT2D eigenvalue weighted by Gasteiger charge is 2.20. The van der Waals surface area contributed by atoms with Crippen molar-refractivity contribution in [2.75, 3.05) is 17.7 Å². The summed E-state index contributed by atoms with van der Waals surface area (Å²) in [5.41, 5.74) is 1.78. The van der Waals surface area contributed by atoms with Crippen LogP contribution in [0.25, 0.3) is 11.4 Å². The molecule has 33 heavy (non-hydrogen) atoms. The van der Waals surface area contributed by atoms with Gasteiger partial charge in [0.25, 0.3) is 5.91 Å². The molecule has 3 aromatic heterocycles. The van der Waals surface area contributed by atoms with Gasteiger partial charge in [0.2, 0.25) is 5.91 Å². The largest absolute Gasteiger partial charge is 0.469 e. The van der Waals surface area contributed by atoms with E-state index in [1.165, 1.54) is 16.7 Å². The van der Waals surface area contributed by atoms with E-state index in [0.29, 0.717) is 28.0 Å². The Balaban J connectivity index is 1.42. The second kappa shape index (κ2) is 9.78. The van der Waals surface area contributed by atoms with Crippen molar-refractivity contribution in [2.45, 2.75) is 18.6 Å². The zero-order valence-electron chi connectivity index (χ0n) is 18.4. The van der Waals surface area contributed by atoms with Crippen LogP contribution in [0.1, 0.15) is 21.9 Å². The first kappa shape index (κ1) is 22.4. The summed E-state index contributed by atoms with van der Waals surface area (Å²) in [5.74, 6) is 1.74. The fourth-order valence-corrected chi connectivity index (χ4v) is 4.11. The highest BCUT2D eigenvalue weighted by atomic mass is 32.2. The highest BCUT2D eigenvalue weighted by molar-refractivity contribution is 7.99. The maximum absolute atomic E-state index is 12.9. The van der Waals surface area contributed by atoms with Gasteiger partial charge in [-0.2, -0.15) is 0 Å². The lowest BCUT2D eigenvalue weighted by atomic mass is 10.1. The summed E-state index contributed by atoms with van der Waals surface area (Å²) >= 11 is 1.28. The van der Waals surface area contributed by atoms with Crippen LogP contribution in [-0.4, -0.2) is 39.4 Å². The molecule has 0 unspecified atom stereocenters. The molecule has 0 bridgehead atoms. The molecule has 4 aromatic rings. The van der Waals surface area contributed by atoms with Crippen molar-refractivity contribution >= 4 is 29.3 Å². The molecule has 0 aliphatic heterocycles. The van der Waals surface area contributed by atoms with Gasteiger partial charge in [-0.3, -0.25) is 9.59 Å². The summed E-state index contributed by atoms with van der Waals surface area (Å²) in [4.78, 5) is 27.1. The van der Waals surface area contributed by atoms with Gasteiger partial charge in [0.1, 0.15) is 11.5 Å². The number of anilines is 1. The van der Waals surface area contributed by atoms with Gasteiger partial charge in [-0.15, -0.1) is 10.2 Å². The lowest BCUT2D eigenvalue weighted by Gasteiger charge is -2.20. The van der Waals surface area contributed by atoms with E-state index >= 15 is 0 Å². The molecule has 9 nitrogen and oxygen atoms in total. The Morgan fingerprint density at radius 1 is 1.09 bits per heavy atom. The molecule has 3 heterocycles. The van der Waals surface area contributed by atoms with Crippen molar-refractivity contribution in [1.29, 1.82) is 0 Å². The number of carbonyl (C=O) groups excluding carboxylic acids is 2. The molecule has 0 aliphatic rings. The summed E-state index contributed by atoms with van der Waals surface area (Å²) in [6.07, 6.45) is 3.16. The molecule has 0 radical (unpaired) electrons. The Kier molecular flexibility index (Phi) is 6.64. The average Bonchev–Trinajstić information content (AvgIpc) is 3.57. The number of hydrogen-bond donors (Lipinski definition) is 1. The van der Waals surface area contributed by atoms with E-state index in [4.69, 9.17) is 8.83 Å². The van der Waals surface area contributed by atoms with Crippen LogP contribution in [0.5, 0.6) is 0 Å². The Morgan fingerprint density at radius 2 is 1.91 bits per heavy atom. The number of aryl methyl sites for hydroxylation is 1. The van der Waals surface area contributed by atoms with Crippen molar-refractivity contribution in [2.24, 2.45) is 7.05 Å². The molecule has 0 atom stereocenters. The number of benzene rings is 1. The van der Waals surface area contributed by atoms with Crippen molar-refractivity contribution < 1.29 is 18.4 Å². The topological polar surface area (TPSA) is 106 Å². The van der Waals surface area contributed by atoms with E-state index in [1.807, 2.05) is 24.6 Å². The second-order valence-electron chi connectivity index (χ2n) is 7.28. The Hall–Kier alpha value is -3.79. The number of nitrogens with one attached hydrogen (secondary N) is 1. The fourth-order valence-electron chi connectivity index (χ4n) is 3.28. The number of furan rings is 2. The van der Waals surface area contributed by atoms with Crippen LogP contribution in [0.15, 0.2) is 69.0 Å². The lowest BCUT2D eigenvalue weighted by molar-refractivity contribution is -0.115. The van der Waals surface area contributed by atoms with Crippen molar-refractivity contribution in [1.82, 2.24) is 20.1 Å². The van der Waals surface area contributed by atoms with Crippen molar-refractivity contribution in [3.63, 3.8) is 0 Å². The van der Waals surface area contributed by atoms with Crippen LogP contribution in [0, 0.1) is 6.92 Å². The number of para-hydroxylation sites is 1.